The van der Waals surface area contributed by atoms with Crippen LogP contribution in [0.4, 0.5) is 0 Å². The minimum Gasteiger partial charge on any atom is -0.350 e. The van der Waals surface area contributed by atoms with E-state index in [1.54, 1.807) is 15.9 Å². The number of carbonyl (C=O) groups excluding carboxylic acids is 1. The van der Waals surface area contributed by atoms with Gasteiger partial charge < -0.3 is 5.32 Å². The molecule has 24 heavy (non-hydrogen) atoms. The zero-order chi connectivity index (χ0) is 17.1. The first-order valence-corrected chi connectivity index (χ1v) is 8.89. The van der Waals surface area contributed by atoms with E-state index in [4.69, 9.17) is 12.2 Å². The summed E-state index contributed by atoms with van der Waals surface area (Å²) in [6.45, 7) is 4.35. The minimum atomic E-state index is -0.446. The van der Waals surface area contributed by atoms with Gasteiger partial charge in [0.1, 0.15) is 6.04 Å². The van der Waals surface area contributed by atoms with E-state index in [9.17, 15) is 4.79 Å². The molecule has 5 nitrogen and oxygen atoms in total. The molecule has 2 heterocycles. The van der Waals surface area contributed by atoms with E-state index in [2.05, 4.69) is 21.6 Å². The molecule has 124 valence electrons. The summed E-state index contributed by atoms with van der Waals surface area (Å²) < 4.78 is 2.20. The summed E-state index contributed by atoms with van der Waals surface area (Å²) in [6, 6.07) is 11.5. The maximum Gasteiger partial charge on any atom is 0.243 e. The highest BCUT2D eigenvalue weighted by atomic mass is 32.1. The van der Waals surface area contributed by atoms with Gasteiger partial charge in [0.25, 0.3) is 0 Å². The van der Waals surface area contributed by atoms with Crippen molar-refractivity contribution in [1.82, 2.24) is 20.1 Å². The van der Waals surface area contributed by atoms with Gasteiger partial charge >= 0.3 is 0 Å². The van der Waals surface area contributed by atoms with E-state index in [1.807, 2.05) is 49.6 Å². The molecule has 0 radical (unpaired) electrons. The van der Waals surface area contributed by atoms with Crippen LogP contribution in [-0.4, -0.2) is 20.7 Å². The fraction of sp³-hybridized carbons (Fsp3) is 0.235. The molecule has 1 aromatic carbocycles. The van der Waals surface area contributed by atoms with E-state index in [0.717, 1.165) is 10.4 Å². The van der Waals surface area contributed by atoms with E-state index in [0.29, 0.717) is 17.1 Å². The number of amides is 1. The molecule has 0 spiro atoms. The monoisotopic (exact) mass is 358 g/mol. The van der Waals surface area contributed by atoms with Crippen LogP contribution >= 0.6 is 23.6 Å². The van der Waals surface area contributed by atoms with Crippen LogP contribution in [0, 0.1) is 11.7 Å². The molecule has 1 atom stereocenters. The first kappa shape index (κ1) is 16.6. The van der Waals surface area contributed by atoms with Crippen LogP contribution in [0.25, 0.3) is 10.7 Å². The Bertz CT molecular complexity index is 895. The van der Waals surface area contributed by atoms with Crippen molar-refractivity contribution in [2.24, 2.45) is 0 Å². The lowest BCUT2D eigenvalue weighted by Crippen LogP contribution is -2.31. The Labute approximate surface area is 149 Å². The highest BCUT2D eigenvalue weighted by Gasteiger charge is 2.21. The van der Waals surface area contributed by atoms with Crippen LogP contribution in [0.2, 0.25) is 0 Å². The van der Waals surface area contributed by atoms with Crippen LogP contribution < -0.4 is 5.32 Å². The molecular weight excluding hydrogens is 340 g/mol. The molecule has 7 heteroatoms. The summed E-state index contributed by atoms with van der Waals surface area (Å²) in [7, 11) is 0. The standard InChI is InChI=1S/C17H18N4OS2/c1-11-5-3-6-13(9-11)10-18-16(22)12(2)21-15(19-20-17(21)23)14-7-4-8-24-14/h3-9,12H,10H2,1-2H3,(H,18,22)(H,20,23)/t12-/m0/s1. The number of thiophene rings is 1. The van der Waals surface area contributed by atoms with Gasteiger partial charge in [0, 0.05) is 6.54 Å². The summed E-state index contributed by atoms with van der Waals surface area (Å²) in [5.74, 6) is 0.597. The number of nitrogens with zero attached hydrogens (tertiary/aromatic N) is 2. The second kappa shape index (κ2) is 7.11. The number of aromatic amines is 1. The molecular formula is C17H18N4OS2. The van der Waals surface area contributed by atoms with Crippen molar-refractivity contribution in [3.8, 4) is 10.7 Å². The van der Waals surface area contributed by atoms with Crippen molar-refractivity contribution in [2.45, 2.75) is 26.4 Å². The van der Waals surface area contributed by atoms with Gasteiger partial charge in [0.2, 0.25) is 5.91 Å². The molecule has 0 unspecified atom stereocenters. The van der Waals surface area contributed by atoms with Crippen LogP contribution in [0.3, 0.4) is 0 Å². The predicted octanol–water partition coefficient (Wildman–Crippen LogP) is 3.86. The maximum absolute atomic E-state index is 12.6. The van der Waals surface area contributed by atoms with Crippen molar-refractivity contribution < 1.29 is 4.79 Å². The van der Waals surface area contributed by atoms with Gasteiger partial charge in [0.05, 0.1) is 4.88 Å². The Morgan fingerprint density at radius 2 is 2.25 bits per heavy atom. The van der Waals surface area contributed by atoms with Gasteiger partial charge in [-0.05, 0) is 43.1 Å². The summed E-state index contributed by atoms with van der Waals surface area (Å²) in [6.07, 6.45) is 0. The quantitative estimate of drug-likeness (QED) is 0.681. The second-order valence-electron chi connectivity index (χ2n) is 5.58. The molecule has 0 aliphatic heterocycles. The normalized spacial score (nSPS) is 12.1. The average Bonchev–Trinajstić information content (AvgIpc) is 3.21. The molecule has 3 aromatic rings. The molecule has 1 amide bonds. The summed E-state index contributed by atoms with van der Waals surface area (Å²) in [5, 5.41) is 12.0. The predicted molar refractivity (Wildman–Crippen MR) is 98.5 cm³/mol. The van der Waals surface area contributed by atoms with Crippen molar-refractivity contribution in [3.63, 3.8) is 0 Å². The van der Waals surface area contributed by atoms with Gasteiger partial charge in [-0.3, -0.25) is 14.5 Å². The minimum absolute atomic E-state index is 0.0909. The summed E-state index contributed by atoms with van der Waals surface area (Å²) >= 11 is 6.87. The van der Waals surface area contributed by atoms with Crippen LogP contribution in [0.1, 0.15) is 24.1 Å². The number of aryl methyl sites for hydroxylation is 1. The van der Waals surface area contributed by atoms with Crippen molar-refractivity contribution in [1.29, 1.82) is 0 Å². The Morgan fingerprint density at radius 1 is 1.42 bits per heavy atom. The lowest BCUT2D eigenvalue weighted by atomic mass is 10.1. The first-order valence-electron chi connectivity index (χ1n) is 7.60. The fourth-order valence-electron chi connectivity index (χ4n) is 2.52. The number of carbonyl (C=O) groups is 1. The maximum atomic E-state index is 12.6. The number of hydrogen-bond acceptors (Lipinski definition) is 4. The first-order chi connectivity index (χ1) is 11.6. The molecule has 0 aliphatic carbocycles. The Morgan fingerprint density at radius 3 is 2.96 bits per heavy atom. The lowest BCUT2D eigenvalue weighted by Gasteiger charge is -2.15. The third-order valence-corrected chi connectivity index (χ3v) is 4.92. The zero-order valence-corrected chi connectivity index (χ0v) is 15.1. The number of aromatic nitrogens is 3. The Kier molecular flexibility index (Phi) is 4.92. The van der Waals surface area contributed by atoms with Crippen LogP contribution in [0.15, 0.2) is 41.8 Å². The summed E-state index contributed by atoms with van der Waals surface area (Å²) in [4.78, 5) is 13.5. The Balaban J connectivity index is 1.77. The third-order valence-electron chi connectivity index (χ3n) is 3.76. The average molecular weight is 358 g/mol. The molecule has 0 saturated carbocycles. The molecule has 2 aromatic heterocycles. The number of nitrogens with one attached hydrogen (secondary N) is 2. The van der Waals surface area contributed by atoms with Gasteiger partial charge in [-0.1, -0.05) is 35.9 Å². The molecule has 0 aliphatic rings. The molecule has 0 saturated heterocycles. The largest absolute Gasteiger partial charge is 0.350 e. The van der Waals surface area contributed by atoms with Gasteiger partial charge in [-0.2, -0.15) is 5.10 Å². The van der Waals surface area contributed by atoms with Gasteiger partial charge in [0.15, 0.2) is 10.6 Å². The summed E-state index contributed by atoms with van der Waals surface area (Å²) in [5.41, 5.74) is 2.25. The molecule has 0 fully saturated rings. The number of hydrogen-bond donors (Lipinski definition) is 2. The van der Waals surface area contributed by atoms with Crippen LogP contribution in [-0.2, 0) is 11.3 Å². The van der Waals surface area contributed by atoms with E-state index in [1.165, 1.54) is 5.56 Å². The highest BCUT2D eigenvalue weighted by molar-refractivity contribution is 7.71. The highest BCUT2D eigenvalue weighted by Crippen LogP contribution is 2.25. The van der Waals surface area contributed by atoms with Gasteiger partial charge in [-0.25, -0.2) is 0 Å². The number of H-pyrrole nitrogens is 1. The SMILES string of the molecule is Cc1cccc(CNC(=O)[C@H](C)n2c(-c3cccs3)n[nH]c2=S)c1. The number of rotatable bonds is 5. The number of benzene rings is 1. The van der Waals surface area contributed by atoms with Crippen molar-refractivity contribution >= 4 is 29.5 Å². The zero-order valence-electron chi connectivity index (χ0n) is 13.4. The van der Waals surface area contributed by atoms with Crippen molar-refractivity contribution in [2.75, 3.05) is 0 Å². The van der Waals surface area contributed by atoms with E-state index in [-0.39, 0.29) is 5.91 Å². The van der Waals surface area contributed by atoms with Crippen molar-refractivity contribution in [3.05, 3.63) is 57.7 Å². The van der Waals surface area contributed by atoms with E-state index >= 15 is 0 Å². The molecule has 2 N–H and O–H groups in total. The smallest absolute Gasteiger partial charge is 0.243 e. The Hall–Kier alpha value is -2.25. The topological polar surface area (TPSA) is 62.7 Å². The van der Waals surface area contributed by atoms with Crippen LogP contribution in [0.5, 0.6) is 0 Å². The van der Waals surface area contributed by atoms with E-state index < -0.39 is 6.04 Å². The fourth-order valence-corrected chi connectivity index (χ4v) is 3.52. The molecule has 3 rings (SSSR count). The third kappa shape index (κ3) is 3.47. The van der Waals surface area contributed by atoms with Gasteiger partial charge in [-0.15, -0.1) is 11.3 Å². The molecule has 0 bridgehead atoms. The second-order valence-corrected chi connectivity index (χ2v) is 6.92. The lowest BCUT2D eigenvalue weighted by molar-refractivity contribution is -0.124.